The normalized spacial score (nSPS) is 11.5. The number of aryl methyl sites for hydroxylation is 2. The minimum atomic E-state index is -0.406. The zero-order chi connectivity index (χ0) is 21.4. The van der Waals surface area contributed by atoms with Gasteiger partial charge < -0.3 is 8.98 Å². The second-order valence-electron chi connectivity index (χ2n) is 6.86. The van der Waals surface area contributed by atoms with Gasteiger partial charge in [-0.15, -0.1) is 0 Å². The second kappa shape index (κ2) is 8.27. The maximum absolute atomic E-state index is 12.9. The lowest BCUT2D eigenvalue weighted by Crippen LogP contribution is -2.37. The van der Waals surface area contributed by atoms with Crippen LogP contribution in [0, 0.1) is 0 Å². The molecule has 156 valence electrons. The number of rotatable bonds is 6. The molecule has 0 bridgehead atoms. The Hall–Kier alpha value is -2.59. The van der Waals surface area contributed by atoms with Crippen molar-refractivity contribution in [1.82, 2.24) is 23.7 Å². The first-order chi connectivity index (χ1) is 14.4. The molecular formula is C20H20BrN5O3S. The lowest BCUT2D eigenvalue weighted by atomic mass is 10.2. The summed E-state index contributed by atoms with van der Waals surface area (Å²) in [6.07, 6.45) is 2.45. The first-order valence-corrected chi connectivity index (χ1v) is 11.1. The summed E-state index contributed by atoms with van der Waals surface area (Å²) < 4.78 is 10.8. The Bertz CT molecular complexity index is 1350. The van der Waals surface area contributed by atoms with Crippen molar-refractivity contribution < 1.29 is 4.42 Å². The predicted molar refractivity (Wildman–Crippen MR) is 119 cm³/mol. The average Bonchev–Trinajstić information content (AvgIpc) is 3.34. The van der Waals surface area contributed by atoms with E-state index in [2.05, 4.69) is 25.9 Å². The van der Waals surface area contributed by atoms with Gasteiger partial charge in [0.15, 0.2) is 16.3 Å². The maximum atomic E-state index is 12.9. The van der Waals surface area contributed by atoms with E-state index in [4.69, 9.17) is 4.42 Å². The highest BCUT2D eigenvalue weighted by Crippen LogP contribution is 2.26. The van der Waals surface area contributed by atoms with Crippen LogP contribution in [-0.2, 0) is 32.8 Å². The molecule has 0 spiro atoms. The van der Waals surface area contributed by atoms with Crippen LogP contribution in [0.5, 0.6) is 0 Å². The zero-order valence-electron chi connectivity index (χ0n) is 16.8. The number of halogens is 1. The van der Waals surface area contributed by atoms with Gasteiger partial charge >= 0.3 is 5.69 Å². The number of benzene rings is 1. The van der Waals surface area contributed by atoms with Gasteiger partial charge in [0, 0.05) is 18.6 Å². The van der Waals surface area contributed by atoms with Crippen molar-refractivity contribution in [2.45, 2.75) is 30.8 Å². The summed E-state index contributed by atoms with van der Waals surface area (Å²) in [5, 5.41) is 0.625. The highest BCUT2D eigenvalue weighted by Gasteiger charge is 2.20. The first kappa shape index (κ1) is 20.7. The summed E-state index contributed by atoms with van der Waals surface area (Å²) in [5.74, 6) is 1.07. The largest absolute Gasteiger partial charge is 0.448 e. The fourth-order valence-corrected chi connectivity index (χ4v) is 4.50. The van der Waals surface area contributed by atoms with Crippen molar-refractivity contribution in [3.8, 4) is 0 Å². The third-order valence-electron chi connectivity index (χ3n) is 4.83. The van der Waals surface area contributed by atoms with E-state index in [-0.39, 0.29) is 5.56 Å². The van der Waals surface area contributed by atoms with Gasteiger partial charge in [-0.25, -0.2) is 14.8 Å². The van der Waals surface area contributed by atoms with Crippen LogP contribution in [0.3, 0.4) is 0 Å². The van der Waals surface area contributed by atoms with Crippen LogP contribution in [0.25, 0.3) is 11.2 Å². The second-order valence-corrected chi connectivity index (χ2v) is 8.72. The number of hydrogen-bond acceptors (Lipinski definition) is 6. The fourth-order valence-electron chi connectivity index (χ4n) is 3.21. The highest BCUT2D eigenvalue weighted by molar-refractivity contribution is 9.10. The molecule has 8 nitrogen and oxygen atoms in total. The lowest BCUT2D eigenvalue weighted by Gasteiger charge is -2.09. The highest BCUT2D eigenvalue weighted by atomic mass is 79.9. The van der Waals surface area contributed by atoms with Crippen LogP contribution in [-0.4, -0.2) is 23.7 Å². The van der Waals surface area contributed by atoms with E-state index < -0.39 is 5.69 Å². The molecule has 0 radical (unpaired) electrons. The van der Waals surface area contributed by atoms with E-state index in [1.165, 1.54) is 23.4 Å². The van der Waals surface area contributed by atoms with E-state index in [1.807, 2.05) is 35.8 Å². The molecule has 0 amide bonds. The Morgan fingerprint density at radius 1 is 1.17 bits per heavy atom. The molecule has 30 heavy (non-hydrogen) atoms. The summed E-state index contributed by atoms with van der Waals surface area (Å²) in [5.41, 5.74) is 1.88. The standard InChI is InChI=1S/C20H20BrN5O3S/c1-4-14-10-29-15(22-14)11-30-19-23-17-16(18(27)25(3)20(28)24(17)2)26(19)9-12-6-5-7-13(21)8-12/h5-8,10H,4,9,11H2,1-3H3. The average molecular weight is 490 g/mol. The van der Waals surface area contributed by atoms with Crippen molar-refractivity contribution in [2.24, 2.45) is 14.1 Å². The molecule has 4 rings (SSSR count). The number of oxazole rings is 1. The summed E-state index contributed by atoms with van der Waals surface area (Å²) in [6.45, 7) is 2.46. The van der Waals surface area contributed by atoms with Crippen molar-refractivity contribution in [1.29, 1.82) is 0 Å². The minimum absolute atomic E-state index is 0.363. The Morgan fingerprint density at radius 2 is 1.97 bits per heavy atom. The van der Waals surface area contributed by atoms with Crippen LogP contribution in [0.2, 0.25) is 0 Å². The molecule has 0 aliphatic rings. The molecule has 4 aromatic rings. The van der Waals surface area contributed by atoms with Crippen LogP contribution in [0.4, 0.5) is 0 Å². The SMILES string of the molecule is CCc1coc(CSc2nc3c(c(=O)n(C)c(=O)n3C)n2Cc2cccc(Br)c2)n1. The smallest absolute Gasteiger partial charge is 0.332 e. The monoisotopic (exact) mass is 489 g/mol. The Balaban J connectivity index is 1.83. The van der Waals surface area contributed by atoms with Crippen LogP contribution in [0.1, 0.15) is 24.1 Å². The number of thioether (sulfide) groups is 1. The maximum Gasteiger partial charge on any atom is 0.332 e. The zero-order valence-corrected chi connectivity index (χ0v) is 19.2. The predicted octanol–water partition coefficient (Wildman–Crippen LogP) is 3.09. The molecule has 0 unspecified atom stereocenters. The Labute approximate surface area is 184 Å². The third-order valence-corrected chi connectivity index (χ3v) is 6.28. The summed E-state index contributed by atoms with van der Waals surface area (Å²) in [6, 6.07) is 7.87. The molecule has 0 saturated carbocycles. The van der Waals surface area contributed by atoms with Crippen LogP contribution in [0.15, 0.2) is 54.2 Å². The molecule has 0 aliphatic heterocycles. The molecule has 0 atom stereocenters. The summed E-state index contributed by atoms with van der Waals surface area (Å²) in [7, 11) is 3.10. The quantitative estimate of drug-likeness (QED) is 0.386. The topological polar surface area (TPSA) is 87.9 Å². The van der Waals surface area contributed by atoms with Gasteiger partial charge in [0.1, 0.15) is 6.26 Å². The lowest BCUT2D eigenvalue weighted by molar-refractivity contribution is 0.516. The summed E-state index contributed by atoms with van der Waals surface area (Å²) >= 11 is 4.91. The van der Waals surface area contributed by atoms with Gasteiger partial charge in [-0.3, -0.25) is 13.9 Å². The molecule has 3 heterocycles. The van der Waals surface area contributed by atoms with Gasteiger partial charge in [-0.05, 0) is 24.1 Å². The molecule has 0 aliphatic carbocycles. The van der Waals surface area contributed by atoms with Crippen molar-refractivity contribution in [2.75, 3.05) is 0 Å². The molecule has 1 aromatic carbocycles. The summed E-state index contributed by atoms with van der Waals surface area (Å²) in [4.78, 5) is 34.4. The third kappa shape index (κ3) is 3.77. The minimum Gasteiger partial charge on any atom is -0.448 e. The molecule has 0 fully saturated rings. The molecule has 10 heteroatoms. The van der Waals surface area contributed by atoms with E-state index in [1.54, 1.807) is 13.3 Å². The molecular weight excluding hydrogens is 470 g/mol. The van der Waals surface area contributed by atoms with Gasteiger partial charge in [-0.1, -0.05) is 46.7 Å². The van der Waals surface area contributed by atoms with Crippen molar-refractivity contribution in [3.05, 3.63) is 73.0 Å². The number of hydrogen-bond donors (Lipinski definition) is 0. The fraction of sp³-hybridized carbons (Fsp3) is 0.300. The van der Waals surface area contributed by atoms with Crippen LogP contribution >= 0.6 is 27.7 Å². The Kier molecular flexibility index (Phi) is 5.70. The molecule has 0 saturated heterocycles. The number of imidazole rings is 1. The van der Waals surface area contributed by atoms with E-state index in [9.17, 15) is 9.59 Å². The number of aromatic nitrogens is 5. The van der Waals surface area contributed by atoms with Gasteiger partial charge in [0.2, 0.25) is 5.89 Å². The van der Waals surface area contributed by atoms with E-state index in [0.29, 0.717) is 34.5 Å². The van der Waals surface area contributed by atoms with Crippen molar-refractivity contribution >= 4 is 38.9 Å². The van der Waals surface area contributed by atoms with E-state index in [0.717, 1.165) is 26.7 Å². The van der Waals surface area contributed by atoms with Gasteiger partial charge in [0.05, 0.1) is 18.0 Å². The molecule has 0 N–H and O–H groups in total. The van der Waals surface area contributed by atoms with Crippen LogP contribution < -0.4 is 11.2 Å². The first-order valence-electron chi connectivity index (χ1n) is 9.35. The Morgan fingerprint density at radius 3 is 2.67 bits per heavy atom. The van der Waals surface area contributed by atoms with Crippen molar-refractivity contribution in [3.63, 3.8) is 0 Å². The number of nitrogens with zero attached hydrogens (tertiary/aromatic N) is 5. The van der Waals surface area contributed by atoms with Gasteiger partial charge in [0.25, 0.3) is 5.56 Å². The van der Waals surface area contributed by atoms with E-state index >= 15 is 0 Å². The number of fused-ring (bicyclic) bond motifs is 1. The van der Waals surface area contributed by atoms with Gasteiger partial charge in [-0.2, -0.15) is 0 Å². The molecule has 3 aromatic heterocycles.